The molecule has 0 spiro atoms. The Kier molecular flexibility index (Phi) is 4.89. The van der Waals surface area contributed by atoms with Crippen LogP contribution in [-0.4, -0.2) is 24.2 Å². The minimum absolute atomic E-state index is 0.133. The van der Waals surface area contributed by atoms with E-state index in [4.69, 9.17) is 0 Å². The number of ketones is 1. The van der Waals surface area contributed by atoms with Crippen LogP contribution in [0.25, 0.3) is 0 Å². The summed E-state index contributed by atoms with van der Waals surface area (Å²) in [6.45, 7) is 1.62. The Bertz CT molecular complexity index is 630. The SMILES string of the molecule is CC(=O)c1ccc[c]([Ge]([CH3])([CH3])[CH2]Cc2ccc(O)cc2)c1. The maximum atomic E-state index is 11.5. The van der Waals surface area contributed by atoms with Gasteiger partial charge in [-0.2, -0.15) is 0 Å². The average molecular weight is 343 g/mol. The van der Waals surface area contributed by atoms with Gasteiger partial charge in [0.05, 0.1) is 0 Å². The van der Waals surface area contributed by atoms with Gasteiger partial charge in [0.2, 0.25) is 0 Å². The molecule has 0 heterocycles. The van der Waals surface area contributed by atoms with Crippen molar-refractivity contribution in [3.63, 3.8) is 0 Å². The first kappa shape index (κ1) is 15.8. The van der Waals surface area contributed by atoms with Gasteiger partial charge < -0.3 is 0 Å². The van der Waals surface area contributed by atoms with E-state index in [1.54, 1.807) is 19.1 Å². The number of benzene rings is 2. The van der Waals surface area contributed by atoms with Crippen LogP contribution in [0.3, 0.4) is 0 Å². The number of aromatic hydroxyl groups is 1. The van der Waals surface area contributed by atoms with Gasteiger partial charge in [-0.25, -0.2) is 0 Å². The molecule has 0 fully saturated rings. The van der Waals surface area contributed by atoms with Gasteiger partial charge in [-0.05, 0) is 0 Å². The molecule has 0 amide bonds. The van der Waals surface area contributed by atoms with E-state index in [9.17, 15) is 9.90 Å². The Morgan fingerprint density at radius 2 is 1.76 bits per heavy atom. The zero-order valence-electron chi connectivity index (χ0n) is 12.9. The van der Waals surface area contributed by atoms with Crippen LogP contribution in [0, 0.1) is 0 Å². The summed E-state index contributed by atoms with van der Waals surface area (Å²) >= 11 is -2.12. The summed E-state index contributed by atoms with van der Waals surface area (Å²) in [5.74, 6) is 5.22. The van der Waals surface area contributed by atoms with Gasteiger partial charge in [0, 0.05) is 0 Å². The zero-order chi connectivity index (χ0) is 15.5. The molecule has 3 heteroatoms. The Balaban J connectivity index is 2.12. The Morgan fingerprint density at radius 3 is 2.38 bits per heavy atom. The van der Waals surface area contributed by atoms with E-state index in [0.717, 1.165) is 12.0 Å². The number of rotatable bonds is 5. The first-order valence-electron chi connectivity index (χ1n) is 7.28. The van der Waals surface area contributed by atoms with Crippen LogP contribution in [0.1, 0.15) is 22.8 Å². The van der Waals surface area contributed by atoms with Crippen molar-refractivity contribution in [1.82, 2.24) is 0 Å². The fourth-order valence-corrected chi connectivity index (χ4v) is 7.24. The topological polar surface area (TPSA) is 37.3 Å². The number of Topliss-reactive ketones (excluding diaryl/α,β-unsaturated/α-hetero) is 1. The minimum atomic E-state index is -2.12. The van der Waals surface area contributed by atoms with Crippen molar-refractivity contribution in [2.75, 3.05) is 0 Å². The molecule has 0 aliphatic carbocycles. The summed E-state index contributed by atoms with van der Waals surface area (Å²) in [7, 11) is 0. The normalized spacial score (nSPS) is 11.4. The van der Waals surface area contributed by atoms with Crippen molar-refractivity contribution >= 4 is 23.4 Å². The number of phenolic OH excluding ortho intramolecular Hbond substituents is 1. The third kappa shape index (κ3) is 4.21. The molecule has 1 N–H and O–H groups in total. The van der Waals surface area contributed by atoms with Crippen LogP contribution < -0.4 is 4.40 Å². The molecule has 0 aromatic heterocycles. The van der Waals surface area contributed by atoms with Crippen LogP contribution in [0.4, 0.5) is 0 Å². The van der Waals surface area contributed by atoms with Crippen molar-refractivity contribution in [3.8, 4) is 5.75 Å². The molecule has 2 rings (SSSR count). The van der Waals surface area contributed by atoms with Gasteiger partial charge in [0.15, 0.2) is 0 Å². The molecule has 0 saturated heterocycles. The van der Waals surface area contributed by atoms with Crippen LogP contribution >= 0.6 is 0 Å². The summed E-state index contributed by atoms with van der Waals surface area (Å²) in [4.78, 5) is 11.5. The van der Waals surface area contributed by atoms with Gasteiger partial charge in [-0.3, -0.25) is 0 Å². The number of phenols is 1. The number of aryl methyl sites for hydroxylation is 1. The number of carbonyl (C=O) groups excluding carboxylic acids is 1. The van der Waals surface area contributed by atoms with E-state index in [1.807, 2.05) is 24.3 Å². The maximum absolute atomic E-state index is 11.5. The van der Waals surface area contributed by atoms with Crippen LogP contribution in [0.2, 0.25) is 16.8 Å². The quantitative estimate of drug-likeness (QED) is 0.663. The van der Waals surface area contributed by atoms with E-state index in [2.05, 4.69) is 23.6 Å². The molecule has 0 bridgehead atoms. The van der Waals surface area contributed by atoms with Crippen molar-refractivity contribution in [1.29, 1.82) is 0 Å². The van der Waals surface area contributed by atoms with E-state index in [1.165, 1.54) is 15.2 Å². The average Bonchev–Trinajstić information content (AvgIpc) is 2.47. The Hall–Kier alpha value is -1.55. The van der Waals surface area contributed by atoms with E-state index in [0.29, 0.717) is 5.75 Å². The Morgan fingerprint density at radius 1 is 1.10 bits per heavy atom. The molecule has 110 valence electrons. The van der Waals surface area contributed by atoms with E-state index >= 15 is 0 Å². The van der Waals surface area contributed by atoms with Crippen molar-refractivity contribution in [2.45, 2.75) is 30.1 Å². The van der Waals surface area contributed by atoms with Gasteiger partial charge in [0.25, 0.3) is 0 Å². The van der Waals surface area contributed by atoms with E-state index in [-0.39, 0.29) is 5.78 Å². The first-order valence-corrected chi connectivity index (χ1v) is 14.0. The van der Waals surface area contributed by atoms with Crippen LogP contribution in [0.15, 0.2) is 48.5 Å². The third-order valence-electron chi connectivity index (χ3n) is 4.03. The summed E-state index contributed by atoms with van der Waals surface area (Å²) in [6, 6.07) is 15.6. The van der Waals surface area contributed by atoms with Crippen molar-refractivity contribution < 1.29 is 9.90 Å². The molecule has 0 aliphatic rings. The predicted octanol–water partition coefficient (Wildman–Crippen LogP) is 3.75. The van der Waals surface area contributed by atoms with Gasteiger partial charge in [-0.15, -0.1) is 0 Å². The van der Waals surface area contributed by atoms with Crippen molar-refractivity contribution in [3.05, 3.63) is 59.7 Å². The van der Waals surface area contributed by atoms with Gasteiger partial charge >= 0.3 is 129 Å². The molecule has 0 atom stereocenters. The molecule has 0 radical (unpaired) electrons. The summed E-state index contributed by atoms with van der Waals surface area (Å²) in [6.07, 6.45) is 1.03. The molecule has 2 aromatic rings. The molecular weight excluding hydrogens is 321 g/mol. The second-order valence-corrected chi connectivity index (χ2v) is 16.4. The molecule has 21 heavy (non-hydrogen) atoms. The summed E-state index contributed by atoms with van der Waals surface area (Å²) < 4.78 is 1.38. The van der Waals surface area contributed by atoms with E-state index < -0.39 is 13.3 Å². The zero-order valence-corrected chi connectivity index (χ0v) is 15.0. The Labute approximate surface area is 129 Å². The summed E-state index contributed by atoms with van der Waals surface area (Å²) in [5, 5.41) is 10.5. The first-order chi connectivity index (χ1) is 9.88. The molecule has 2 aromatic carbocycles. The fourth-order valence-electron chi connectivity index (χ4n) is 2.42. The molecule has 0 aliphatic heterocycles. The standard InChI is InChI=1S/C18H22GeO2/c1-14(20)16-5-4-6-17(13-16)19(2,3)12-11-15-7-9-18(21)10-8-15/h4-10,13,21H,11-12H2,1-3H3. The van der Waals surface area contributed by atoms with Crippen molar-refractivity contribution in [2.24, 2.45) is 0 Å². The molecule has 2 nitrogen and oxygen atoms in total. The van der Waals surface area contributed by atoms with Gasteiger partial charge in [0.1, 0.15) is 0 Å². The fraction of sp³-hybridized carbons (Fsp3) is 0.278. The van der Waals surface area contributed by atoms with Crippen LogP contribution in [0.5, 0.6) is 5.75 Å². The monoisotopic (exact) mass is 344 g/mol. The molecule has 0 saturated carbocycles. The second-order valence-electron chi connectivity index (χ2n) is 6.19. The number of hydrogen-bond acceptors (Lipinski definition) is 2. The number of carbonyl (C=O) groups is 1. The summed E-state index contributed by atoms with van der Waals surface area (Å²) in [5.41, 5.74) is 2.07. The second kappa shape index (κ2) is 6.48. The number of hydrogen-bond donors (Lipinski definition) is 1. The van der Waals surface area contributed by atoms with Gasteiger partial charge in [-0.1, -0.05) is 0 Å². The molecule has 0 unspecified atom stereocenters. The predicted molar refractivity (Wildman–Crippen MR) is 90.2 cm³/mol. The van der Waals surface area contributed by atoms with Crippen LogP contribution in [-0.2, 0) is 6.42 Å². The molecular formula is C18H22GeO2. The third-order valence-corrected chi connectivity index (χ3v) is 11.1.